The van der Waals surface area contributed by atoms with Gasteiger partial charge in [-0.1, -0.05) is 0 Å². The molecule has 4 nitrogen and oxygen atoms in total. The molecule has 2 aliphatic rings. The molecule has 0 spiro atoms. The maximum absolute atomic E-state index is 10.8. The predicted octanol–water partition coefficient (Wildman–Crippen LogP) is -0.155. The molecule has 0 aromatic carbocycles. The summed E-state index contributed by atoms with van der Waals surface area (Å²) in [6, 6.07) is 0.419. The van der Waals surface area contributed by atoms with Crippen LogP contribution in [0.1, 0.15) is 13.3 Å². The van der Waals surface area contributed by atoms with E-state index in [0.717, 1.165) is 6.42 Å². The van der Waals surface area contributed by atoms with Crippen molar-refractivity contribution in [2.75, 3.05) is 6.61 Å². The smallest absolute Gasteiger partial charge is 0.315 e. The minimum Gasteiger partial charge on any atom is -0.376 e. The molecule has 4 heteroatoms. The third-order valence-corrected chi connectivity index (χ3v) is 2.26. The zero-order chi connectivity index (χ0) is 7.84. The first kappa shape index (κ1) is 6.91. The summed E-state index contributed by atoms with van der Waals surface area (Å²) < 4.78 is 5.39. The van der Waals surface area contributed by atoms with E-state index in [1.54, 1.807) is 0 Å². The van der Waals surface area contributed by atoms with E-state index in [-0.39, 0.29) is 24.2 Å². The van der Waals surface area contributed by atoms with E-state index in [4.69, 9.17) is 4.74 Å². The van der Waals surface area contributed by atoms with Crippen molar-refractivity contribution in [3.05, 3.63) is 0 Å². The van der Waals surface area contributed by atoms with Crippen molar-refractivity contribution in [2.45, 2.75) is 31.5 Å². The summed E-state index contributed by atoms with van der Waals surface area (Å²) in [5.74, 6) is 0. The van der Waals surface area contributed by atoms with Gasteiger partial charge in [0.1, 0.15) is 0 Å². The van der Waals surface area contributed by atoms with Crippen LogP contribution >= 0.6 is 0 Å². The average molecular weight is 156 g/mol. The van der Waals surface area contributed by atoms with E-state index in [1.165, 1.54) is 0 Å². The van der Waals surface area contributed by atoms with Gasteiger partial charge >= 0.3 is 6.03 Å². The van der Waals surface area contributed by atoms with Crippen molar-refractivity contribution >= 4 is 6.03 Å². The number of amides is 2. The molecule has 0 aromatic heterocycles. The van der Waals surface area contributed by atoms with Gasteiger partial charge in [-0.15, -0.1) is 0 Å². The van der Waals surface area contributed by atoms with Gasteiger partial charge in [-0.05, 0) is 13.3 Å². The van der Waals surface area contributed by atoms with Crippen LogP contribution in [0.25, 0.3) is 0 Å². The number of nitrogens with one attached hydrogen (secondary N) is 2. The SMILES string of the molecule is CC1CC2NC(=O)NC2CO1. The summed E-state index contributed by atoms with van der Waals surface area (Å²) in [5, 5.41) is 5.66. The Balaban J connectivity index is 2.02. The van der Waals surface area contributed by atoms with Crippen LogP contribution in [0.15, 0.2) is 0 Å². The van der Waals surface area contributed by atoms with Crippen molar-refractivity contribution in [1.82, 2.24) is 10.6 Å². The number of urea groups is 1. The standard InChI is InChI=1S/C7H12N2O2/c1-4-2-5-6(3-11-4)9-7(10)8-5/h4-6H,2-3H2,1H3,(H2,8,9,10). The summed E-state index contributed by atoms with van der Waals surface area (Å²) >= 11 is 0. The van der Waals surface area contributed by atoms with Gasteiger partial charge in [0.25, 0.3) is 0 Å². The van der Waals surface area contributed by atoms with Gasteiger partial charge in [0.05, 0.1) is 24.8 Å². The zero-order valence-corrected chi connectivity index (χ0v) is 6.46. The van der Waals surface area contributed by atoms with E-state index in [1.807, 2.05) is 6.92 Å². The predicted molar refractivity (Wildman–Crippen MR) is 39.3 cm³/mol. The summed E-state index contributed by atoms with van der Waals surface area (Å²) in [6.07, 6.45) is 1.19. The molecular formula is C7H12N2O2. The Morgan fingerprint density at radius 3 is 3.00 bits per heavy atom. The second kappa shape index (κ2) is 2.37. The molecule has 0 bridgehead atoms. The molecule has 3 unspecified atom stereocenters. The van der Waals surface area contributed by atoms with E-state index in [9.17, 15) is 4.79 Å². The van der Waals surface area contributed by atoms with E-state index >= 15 is 0 Å². The van der Waals surface area contributed by atoms with Gasteiger partial charge in [0, 0.05) is 0 Å². The van der Waals surface area contributed by atoms with Crippen molar-refractivity contribution in [2.24, 2.45) is 0 Å². The van der Waals surface area contributed by atoms with Crippen LogP contribution in [0.4, 0.5) is 4.79 Å². The lowest BCUT2D eigenvalue weighted by Crippen LogP contribution is -2.45. The molecule has 2 N–H and O–H groups in total. The first-order valence-corrected chi connectivity index (χ1v) is 3.94. The van der Waals surface area contributed by atoms with E-state index in [0.29, 0.717) is 6.61 Å². The first-order chi connectivity index (χ1) is 5.25. The topological polar surface area (TPSA) is 50.4 Å². The summed E-state index contributed by atoms with van der Waals surface area (Å²) in [5.41, 5.74) is 0. The lowest BCUT2D eigenvalue weighted by molar-refractivity contribution is 0.00595. The molecule has 0 aromatic rings. The molecule has 0 radical (unpaired) electrons. The Kier molecular flexibility index (Phi) is 1.49. The van der Waals surface area contributed by atoms with Crippen molar-refractivity contribution in [3.8, 4) is 0 Å². The molecule has 2 amide bonds. The maximum Gasteiger partial charge on any atom is 0.315 e. The third-order valence-electron chi connectivity index (χ3n) is 2.26. The molecule has 2 aliphatic heterocycles. The number of rotatable bonds is 0. The number of ether oxygens (including phenoxy) is 1. The van der Waals surface area contributed by atoms with Gasteiger partial charge in [-0.3, -0.25) is 0 Å². The zero-order valence-electron chi connectivity index (χ0n) is 6.46. The molecule has 2 rings (SSSR count). The largest absolute Gasteiger partial charge is 0.376 e. The minimum absolute atomic E-state index is 0.0577. The third kappa shape index (κ3) is 1.18. The van der Waals surface area contributed by atoms with Crippen LogP contribution in [0.2, 0.25) is 0 Å². The van der Waals surface area contributed by atoms with Gasteiger partial charge in [-0.25, -0.2) is 4.79 Å². The van der Waals surface area contributed by atoms with Crippen molar-refractivity contribution in [3.63, 3.8) is 0 Å². The normalized spacial score (nSPS) is 42.6. The number of carbonyl (C=O) groups excluding carboxylic acids is 1. The average Bonchev–Trinajstić information content (AvgIpc) is 2.27. The van der Waals surface area contributed by atoms with Crippen LogP contribution in [-0.2, 0) is 4.74 Å². The highest BCUT2D eigenvalue weighted by Gasteiger charge is 2.36. The molecular weight excluding hydrogens is 144 g/mol. The molecule has 3 atom stereocenters. The fraction of sp³-hybridized carbons (Fsp3) is 0.857. The first-order valence-electron chi connectivity index (χ1n) is 3.94. The minimum atomic E-state index is -0.0577. The van der Waals surface area contributed by atoms with Crippen LogP contribution in [0.5, 0.6) is 0 Å². The lowest BCUT2D eigenvalue weighted by atomic mass is 10.0. The van der Waals surface area contributed by atoms with Crippen LogP contribution < -0.4 is 10.6 Å². The summed E-state index contributed by atoms with van der Waals surface area (Å²) in [6.45, 7) is 2.67. The van der Waals surface area contributed by atoms with Crippen LogP contribution in [0, 0.1) is 0 Å². The summed E-state index contributed by atoms with van der Waals surface area (Å²) in [7, 11) is 0. The number of fused-ring (bicyclic) bond motifs is 1. The monoisotopic (exact) mass is 156 g/mol. The fourth-order valence-corrected chi connectivity index (χ4v) is 1.65. The van der Waals surface area contributed by atoms with Gasteiger partial charge in [0.15, 0.2) is 0 Å². The number of hydrogen-bond donors (Lipinski definition) is 2. The Morgan fingerprint density at radius 1 is 1.45 bits per heavy atom. The highest BCUT2D eigenvalue weighted by Crippen LogP contribution is 2.16. The molecule has 2 saturated heterocycles. The maximum atomic E-state index is 10.8. The van der Waals surface area contributed by atoms with E-state index in [2.05, 4.69) is 10.6 Å². The van der Waals surface area contributed by atoms with Gasteiger partial charge in [-0.2, -0.15) is 0 Å². The molecule has 0 aliphatic carbocycles. The molecule has 62 valence electrons. The number of carbonyl (C=O) groups is 1. The van der Waals surface area contributed by atoms with Crippen LogP contribution in [-0.4, -0.2) is 30.8 Å². The van der Waals surface area contributed by atoms with E-state index < -0.39 is 0 Å². The van der Waals surface area contributed by atoms with Crippen LogP contribution in [0.3, 0.4) is 0 Å². The molecule has 2 fully saturated rings. The molecule has 2 heterocycles. The Bertz CT molecular complexity index is 183. The Labute approximate surface area is 65.3 Å². The molecule has 0 saturated carbocycles. The Morgan fingerprint density at radius 2 is 2.18 bits per heavy atom. The van der Waals surface area contributed by atoms with Crippen molar-refractivity contribution < 1.29 is 9.53 Å². The second-order valence-electron chi connectivity index (χ2n) is 3.21. The quantitative estimate of drug-likeness (QED) is 0.512. The second-order valence-corrected chi connectivity index (χ2v) is 3.21. The molecule has 11 heavy (non-hydrogen) atoms. The van der Waals surface area contributed by atoms with Gasteiger partial charge in [0.2, 0.25) is 0 Å². The summed E-state index contributed by atoms with van der Waals surface area (Å²) in [4.78, 5) is 10.8. The fourth-order valence-electron chi connectivity index (χ4n) is 1.65. The lowest BCUT2D eigenvalue weighted by Gasteiger charge is -2.28. The highest BCUT2D eigenvalue weighted by atomic mass is 16.5. The van der Waals surface area contributed by atoms with Crippen molar-refractivity contribution in [1.29, 1.82) is 0 Å². The van der Waals surface area contributed by atoms with Gasteiger partial charge < -0.3 is 15.4 Å². The Hall–Kier alpha value is -0.770. The number of hydrogen-bond acceptors (Lipinski definition) is 2. The highest BCUT2D eigenvalue weighted by molar-refractivity contribution is 5.77.